The first-order valence-corrected chi connectivity index (χ1v) is 10.5. The van der Waals surface area contributed by atoms with E-state index in [0.717, 1.165) is 56.1 Å². The van der Waals surface area contributed by atoms with Crippen LogP contribution in [-0.4, -0.2) is 47.4 Å². The summed E-state index contributed by atoms with van der Waals surface area (Å²) in [6.45, 7) is 9.00. The smallest absolute Gasteiger partial charge is 0.224 e. The lowest BCUT2D eigenvalue weighted by atomic mass is 9.79. The second kappa shape index (κ2) is 7.82. The number of carbonyl (C=O) groups is 1. The van der Waals surface area contributed by atoms with Crippen LogP contribution in [0.15, 0.2) is 18.2 Å². The van der Waals surface area contributed by atoms with E-state index in [1.54, 1.807) is 7.11 Å². The zero-order chi connectivity index (χ0) is 20.6. The molecule has 1 fully saturated rings. The number of aromatic nitrogens is 2. The second-order valence-corrected chi connectivity index (χ2v) is 8.27. The number of benzene rings is 1. The van der Waals surface area contributed by atoms with Crippen LogP contribution < -0.4 is 4.74 Å². The lowest BCUT2D eigenvalue weighted by molar-refractivity contribution is -0.141. The predicted molar refractivity (Wildman–Crippen MR) is 111 cm³/mol. The van der Waals surface area contributed by atoms with Crippen LogP contribution in [0, 0.1) is 20.8 Å². The van der Waals surface area contributed by atoms with Crippen molar-refractivity contribution in [3.05, 3.63) is 46.3 Å². The van der Waals surface area contributed by atoms with Crippen molar-refractivity contribution in [1.29, 1.82) is 0 Å². The Balaban J connectivity index is 1.39. The molecular weight excluding hydrogens is 366 g/mol. The van der Waals surface area contributed by atoms with Crippen molar-refractivity contribution in [3.8, 4) is 5.75 Å². The number of carbonyl (C=O) groups excluding carboxylic acids is 1. The Morgan fingerprint density at radius 2 is 2.00 bits per heavy atom. The van der Waals surface area contributed by atoms with Gasteiger partial charge in [0, 0.05) is 31.7 Å². The maximum Gasteiger partial charge on any atom is 0.224 e. The second-order valence-electron chi connectivity index (χ2n) is 8.27. The number of hydrogen-bond donors (Lipinski definition) is 0. The van der Waals surface area contributed by atoms with Crippen molar-refractivity contribution in [3.63, 3.8) is 0 Å². The number of fused-ring (bicyclic) bond motifs is 2. The minimum atomic E-state index is -0.260. The van der Waals surface area contributed by atoms with Gasteiger partial charge in [0.2, 0.25) is 5.91 Å². The zero-order valence-electron chi connectivity index (χ0n) is 18.0. The van der Waals surface area contributed by atoms with Gasteiger partial charge in [0.25, 0.3) is 0 Å². The largest absolute Gasteiger partial charge is 0.497 e. The molecule has 2 aromatic rings. The molecule has 1 amide bonds. The molecule has 0 atom stereocenters. The maximum absolute atomic E-state index is 12.8. The van der Waals surface area contributed by atoms with Gasteiger partial charge in [0.1, 0.15) is 5.75 Å². The predicted octanol–water partition coefficient (Wildman–Crippen LogP) is 3.30. The molecule has 29 heavy (non-hydrogen) atoms. The highest BCUT2D eigenvalue weighted by atomic mass is 16.5. The third-order valence-corrected chi connectivity index (χ3v) is 6.76. The summed E-state index contributed by atoms with van der Waals surface area (Å²) >= 11 is 0. The quantitative estimate of drug-likeness (QED) is 0.794. The van der Waals surface area contributed by atoms with Gasteiger partial charge in [0.15, 0.2) is 0 Å². The number of nitrogens with zero attached hydrogens (tertiary/aromatic N) is 3. The van der Waals surface area contributed by atoms with Crippen LogP contribution in [0.3, 0.4) is 0 Å². The van der Waals surface area contributed by atoms with E-state index < -0.39 is 0 Å². The minimum Gasteiger partial charge on any atom is -0.497 e. The van der Waals surface area contributed by atoms with Crippen LogP contribution in [0.25, 0.3) is 0 Å². The summed E-state index contributed by atoms with van der Waals surface area (Å²) in [4.78, 5) is 14.8. The minimum absolute atomic E-state index is 0.204. The van der Waals surface area contributed by atoms with Crippen molar-refractivity contribution >= 4 is 5.91 Å². The fourth-order valence-corrected chi connectivity index (χ4v) is 4.68. The number of ether oxygens (including phenoxy) is 2. The van der Waals surface area contributed by atoms with Crippen molar-refractivity contribution < 1.29 is 14.3 Å². The Morgan fingerprint density at radius 3 is 2.66 bits per heavy atom. The van der Waals surface area contributed by atoms with E-state index in [4.69, 9.17) is 9.47 Å². The van der Waals surface area contributed by atoms with Gasteiger partial charge < -0.3 is 14.4 Å². The molecule has 156 valence electrons. The molecule has 2 aliphatic rings. The van der Waals surface area contributed by atoms with Crippen molar-refractivity contribution in [1.82, 2.24) is 14.7 Å². The molecule has 1 aromatic carbocycles. The Bertz CT molecular complexity index is 910. The van der Waals surface area contributed by atoms with E-state index in [1.807, 2.05) is 22.6 Å². The van der Waals surface area contributed by atoms with Gasteiger partial charge in [-0.1, -0.05) is 6.07 Å². The number of methoxy groups -OCH3 is 1. The monoisotopic (exact) mass is 397 g/mol. The molecule has 6 heteroatoms. The molecule has 3 heterocycles. The summed E-state index contributed by atoms with van der Waals surface area (Å²) in [5.41, 5.74) is 5.73. The molecule has 1 saturated heterocycles. The maximum atomic E-state index is 12.8. The number of piperidine rings is 1. The van der Waals surface area contributed by atoms with Gasteiger partial charge in [-0.15, -0.1) is 0 Å². The molecule has 1 aromatic heterocycles. The first-order chi connectivity index (χ1) is 13.9. The van der Waals surface area contributed by atoms with Crippen LogP contribution >= 0.6 is 0 Å². The SMILES string of the molecule is COc1ccc2c(c1)CCOC21CCN(C(=O)CCn2nc(C)c(C)c2C)CC1. The molecule has 6 nitrogen and oxygen atoms in total. The van der Waals surface area contributed by atoms with Gasteiger partial charge in [-0.05, 0) is 68.9 Å². The van der Waals surface area contributed by atoms with E-state index in [-0.39, 0.29) is 11.5 Å². The highest BCUT2D eigenvalue weighted by Crippen LogP contribution is 2.42. The summed E-state index contributed by atoms with van der Waals surface area (Å²) in [6, 6.07) is 6.30. The van der Waals surface area contributed by atoms with Crippen LogP contribution in [-0.2, 0) is 28.1 Å². The number of likely N-dealkylation sites (tertiary alicyclic amines) is 1. The van der Waals surface area contributed by atoms with Crippen molar-refractivity contribution in [2.75, 3.05) is 26.8 Å². The van der Waals surface area contributed by atoms with Gasteiger partial charge in [-0.3, -0.25) is 9.48 Å². The van der Waals surface area contributed by atoms with Crippen LogP contribution in [0.2, 0.25) is 0 Å². The number of rotatable bonds is 4. The lowest BCUT2D eigenvalue weighted by Crippen LogP contribution is -2.48. The van der Waals surface area contributed by atoms with Gasteiger partial charge in [0.05, 0.1) is 25.0 Å². The zero-order valence-corrected chi connectivity index (χ0v) is 18.0. The highest BCUT2D eigenvalue weighted by Gasteiger charge is 2.41. The Hall–Kier alpha value is -2.34. The van der Waals surface area contributed by atoms with E-state index in [1.165, 1.54) is 16.7 Å². The number of amides is 1. The first-order valence-electron chi connectivity index (χ1n) is 10.5. The van der Waals surface area contributed by atoms with Gasteiger partial charge in [-0.25, -0.2) is 0 Å². The molecule has 0 radical (unpaired) electrons. The Labute approximate surface area is 172 Å². The molecule has 1 spiro atoms. The molecule has 0 saturated carbocycles. The number of aryl methyl sites for hydroxylation is 2. The summed E-state index contributed by atoms with van der Waals surface area (Å²) in [5.74, 6) is 1.10. The molecule has 4 rings (SSSR count). The fraction of sp³-hybridized carbons (Fsp3) is 0.565. The summed E-state index contributed by atoms with van der Waals surface area (Å²) in [7, 11) is 1.70. The Morgan fingerprint density at radius 1 is 1.24 bits per heavy atom. The van der Waals surface area contributed by atoms with Crippen molar-refractivity contribution in [2.24, 2.45) is 0 Å². The van der Waals surface area contributed by atoms with Crippen LogP contribution in [0.5, 0.6) is 5.75 Å². The summed E-state index contributed by atoms with van der Waals surface area (Å²) in [5, 5.41) is 4.55. The average molecular weight is 398 g/mol. The average Bonchev–Trinajstić information content (AvgIpc) is 2.99. The van der Waals surface area contributed by atoms with Crippen molar-refractivity contribution in [2.45, 2.75) is 58.6 Å². The highest BCUT2D eigenvalue weighted by molar-refractivity contribution is 5.76. The third kappa shape index (κ3) is 3.66. The molecule has 0 unspecified atom stereocenters. The molecule has 0 aliphatic carbocycles. The normalized spacial score (nSPS) is 18.0. The van der Waals surface area contributed by atoms with Gasteiger partial charge >= 0.3 is 0 Å². The molecule has 2 aliphatic heterocycles. The van der Waals surface area contributed by atoms with E-state index >= 15 is 0 Å². The van der Waals surface area contributed by atoms with Gasteiger partial charge in [-0.2, -0.15) is 5.10 Å². The first kappa shape index (κ1) is 20.0. The van der Waals surface area contributed by atoms with Crippen LogP contribution in [0.1, 0.15) is 47.3 Å². The third-order valence-electron chi connectivity index (χ3n) is 6.76. The molecule has 0 bridgehead atoms. The molecule has 0 N–H and O–H groups in total. The van der Waals surface area contributed by atoms with E-state index in [9.17, 15) is 4.79 Å². The standard InChI is InChI=1S/C23H31N3O3/c1-16-17(2)24-26(18(16)3)11-7-22(27)25-12-9-23(10-13-25)21-6-5-20(28-4)15-19(21)8-14-29-23/h5-6,15H,7-14H2,1-4H3. The molecular formula is C23H31N3O3. The van der Waals surface area contributed by atoms with E-state index in [0.29, 0.717) is 13.0 Å². The van der Waals surface area contributed by atoms with Crippen LogP contribution in [0.4, 0.5) is 0 Å². The fourth-order valence-electron chi connectivity index (χ4n) is 4.68. The number of hydrogen-bond acceptors (Lipinski definition) is 4. The Kier molecular flexibility index (Phi) is 5.38. The topological polar surface area (TPSA) is 56.6 Å². The van der Waals surface area contributed by atoms with E-state index in [2.05, 4.69) is 31.1 Å². The lowest BCUT2D eigenvalue weighted by Gasteiger charge is -2.45. The summed E-state index contributed by atoms with van der Waals surface area (Å²) < 4.78 is 13.6. The summed E-state index contributed by atoms with van der Waals surface area (Å²) in [6.07, 6.45) is 3.09.